The molecule has 0 unspecified atom stereocenters. The Bertz CT molecular complexity index is 1030. The topological polar surface area (TPSA) is 136 Å². The van der Waals surface area contributed by atoms with Crippen LogP contribution in [0.3, 0.4) is 0 Å². The van der Waals surface area contributed by atoms with Crippen LogP contribution in [-0.2, 0) is 0 Å². The van der Waals surface area contributed by atoms with Crippen molar-refractivity contribution in [3.05, 3.63) is 53.6 Å². The number of aromatic nitrogens is 4. The third kappa shape index (κ3) is 4.49. The largest absolute Gasteiger partial charge is 0.465 e. The number of H-pyrrole nitrogens is 1. The van der Waals surface area contributed by atoms with Gasteiger partial charge in [0.05, 0.1) is 23.8 Å². The highest BCUT2D eigenvalue weighted by Crippen LogP contribution is 2.22. The van der Waals surface area contributed by atoms with Crippen molar-refractivity contribution < 1.29 is 14.7 Å². The third-order valence-corrected chi connectivity index (χ3v) is 4.35. The molecule has 1 aromatic carbocycles. The number of benzene rings is 1. The van der Waals surface area contributed by atoms with Gasteiger partial charge in [0.15, 0.2) is 0 Å². The lowest BCUT2D eigenvalue weighted by Crippen LogP contribution is -2.28. The summed E-state index contributed by atoms with van der Waals surface area (Å²) in [6.07, 6.45) is 1.93. The van der Waals surface area contributed by atoms with Gasteiger partial charge in [-0.3, -0.25) is 14.8 Å². The number of aryl methyl sites for hydroxylation is 1. The molecule has 0 aliphatic rings. The van der Waals surface area contributed by atoms with Crippen molar-refractivity contribution in [1.82, 2.24) is 20.2 Å². The number of nitrogens with one attached hydrogen (secondary N) is 3. The van der Waals surface area contributed by atoms with Gasteiger partial charge in [-0.1, -0.05) is 6.07 Å². The molecule has 0 aliphatic carbocycles. The highest BCUT2D eigenvalue weighted by Gasteiger charge is 2.15. The van der Waals surface area contributed by atoms with Crippen molar-refractivity contribution in [2.45, 2.75) is 20.8 Å². The van der Waals surface area contributed by atoms with E-state index in [0.29, 0.717) is 35.2 Å². The van der Waals surface area contributed by atoms with Crippen LogP contribution in [0.5, 0.6) is 0 Å². The van der Waals surface area contributed by atoms with E-state index in [1.165, 1.54) is 17.3 Å². The summed E-state index contributed by atoms with van der Waals surface area (Å²) in [7, 11) is 0. The zero-order chi connectivity index (χ0) is 21.0. The third-order valence-electron chi connectivity index (χ3n) is 4.35. The fourth-order valence-corrected chi connectivity index (χ4v) is 2.67. The van der Waals surface area contributed by atoms with E-state index in [2.05, 4.69) is 30.8 Å². The van der Waals surface area contributed by atoms with E-state index in [4.69, 9.17) is 0 Å². The number of carbonyl (C=O) groups excluding carboxylic acids is 1. The van der Waals surface area contributed by atoms with Crippen molar-refractivity contribution in [3.8, 4) is 0 Å². The first-order valence-corrected chi connectivity index (χ1v) is 8.91. The van der Waals surface area contributed by atoms with Crippen molar-refractivity contribution in [3.63, 3.8) is 0 Å². The maximum atomic E-state index is 12.3. The lowest BCUT2D eigenvalue weighted by Gasteiger charge is -2.17. The van der Waals surface area contributed by atoms with Crippen molar-refractivity contribution >= 4 is 35.0 Å². The van der Waals surface area contributed by atoms with E-state index in [0.717, 1.165) is 11.3 Å². The second-order valence-electron chi connectivity index (χ2n) is 6.26. The summed E-state index contributed by atoms with van der Waals surface area (Å²) >= 11 is 0. The molecule has 0 bridgehead atoms. The van der Waals surface area contributed by atoms with Gasteiger partial charge in [0.25, 0.3) is 5.91 Å². The molecule has 0 saturated heterocycles. The molecule has 0 atom stereocenters. The SMILES string of the molecule is CCN(C(=O)O)c1cccc(Nc2ncc(NC(=O)c3[nH]nc(C)c3C)cn2)c1. The molecule has 0 aliphatic heterocycles. The predicted molar refractivity (Wildman–Crippen MR) is 109 cm³/mol. The van der Waals surface area contributed by atoms with Crippen LogP contribution in [0.15, 0.2) is 36.7 Å². The van der Waals surface area contributed by atoms with Crippen LogP contribution in [0.25, 0.3) is 0 Å². The summed E-state index contributed by atoms with van der Waals surface area (Å²) in [4.78, 5) is 33.2. The maximum absolute atomic E-state index is 12.3. The van der Waals surface area contributed by atoms with Crippen LogP contribution in [0.4, 0.5) is 27.8 Å². The molecule has 4 N–H and O–H groups in total. The molecule has 0 saturated carbocycles. The molecule has 0 radical (unpaired) electrons. The van der Waals surface area contributed by atoms with Gasteiger partial charge in [0.2, 0.25) is 5.95 Å². The standard InChI is InChI=1S/C19H21N7O3/c1-4-26(19(28)29)15-7-5-6-13(8-15)23-18-20-9-14(10-21-18)22-17(27)16-11(2)12(3)24-25-16/h5-10H,4H2,1-3H3,(H,22,27)(H,24,25)(H,28,29)(H,20,21,23). The summed E-state index contributed by atoms with van der Waals surface area (Å²) < 4.78 is 0. The number of carbonyl (C=O) groups is 2. The minimum Gasteiger partial charge on any atom is -0.465 e. The lowest BCUT2D eigenvalue weighted by atomic mass is 10.2. The maximum Gasteiger partial charge on any atom is 0.411 e. The van der Waals surface area contributed by atoms with Gasteiger partial charge >= 0.3 is 6.09 Å². The Morgan fingerprint density at radius 1 is 1.17 bits per heavy atom. The molecule has 2 heterocycles. The summed E-state index contributed by atoms with van der Waals surface area (Å²) in [5.41, 5.74) is 3.55. The van der Waals surface area contributed by atoms with Gasteiger partial charge < -0.3 is 15.7 Å². The Morgan fingerprint density at radius 2 is 1.90 bits per heavy atom. The molecule has 10 heteroatoms. The molecule has 0 fully saturated rings. The highest BCUT2D eigenvalue weighted by molar-refractivity contribution is 6.03. The number of hydrogen-bond donors (Lipinski definition) is 4. The van der Waals surface area contributed by atoms with E-state index in [1.807, 2.05) is 13.8 Å². The van der Waals surface area contributed by atoms with Gasteiger partial charge in [0, 0.05) is 23.5 Å². The minimum absolute atomic E-state index is 0.312. The molecular weight excluding hydrogens is 374 g/mol. The second-order valence-corrected chi connectivity index (χ2v) is 6.26. The Labute approximate surface area is 167 Å². The fourth-order valence-electron chi connectivity index (χ4n) is 2.67. The van der Waals surface area contributed by atoms with E-state index in [9.17, 15) is 14.7 Å². The molecule has 3 aromatic rings. The van der Waals surface area contributed by atoms with E-state index in [-0.39, 0.29) is 5.91 Å². The van der Waals surface area contributed by atoms with Gasteiger partial charge in [0.1, 0.15) is 5.69 Å². The molecule has 150 valence electrons. The molecule has 3 rings (SSSR count). The Balaban J connectivity index is 1.69. The average Bonchev–Trinajstić information content (AvgIpc) is 3.03. The van der Waals surface area contributed by atoms with Crippen LogP contribution in [0.1, 0.15) is 28.7 Å². The Hall–Kier alpha value is -3.95. The van der Waals surface area contributed by atoms with Crippen molar-refractivity contribution in [2.75, 3.05) is 22.1 Å². The smallest absolute Gasteiger partial charge is 0.411 e. The van der Waals surface area contributed by atoms with Crippen LogP contribution in [0, 0.1) is 13.8 Å². The van der Waals surface area contributed by atoms with Gasteiger partial charge in [-0.25, -0.2) is 14.8 Å². The first-order valence-electron chi connectivity index (χ1n) is 8.91. The average molecular weight is 395 g/mol. The quantitative estimate of drug-likeness (QED) is 0.502. The van der Waals surface area contributed by atoms with E-state index >= 15 is 0 Å². The van der Waals surface area contributed by atoms with Crippen LogP contribution in [-0.4, -0.2) is 43.8 Å². The molecule has 29 heavy (non-hydrogen) atoms. The zero-order valence-electron chi connectivity index (χ0n) is 16.2. The van der Waals surface area contributed by atoms with Gasteiger partial charge in [-0.05, 0) is 39.0 Å². The number of anilines is 4. The molecule has 2 aromatic heterocycles. The number of hydrogen-bond acceptors (Lipinski definition) is 6. The van der Waals surface area contributed by atoms with Crippen molar-refractivity contribution in [2.24, 2.45) is 0 Å². The molecular formula is C19H21N7O3. The predicted octanol–water partition coefficient (Wildman–Crippen LogP) is 3.32. The summed E-state index contributed by atoms with van der Waals surface area (Å²) in [6, 6.07) is 6.93. The summed E-state index contributed by atoms with van der Waals surface area (Å²) in [6.45, 7) is 5.72. The van der Waals surface area contributed by atoms with Crippen LogP contribution < -0.4 is 15.5 Å². The summed E-state index contributed by atoms with van der Waals surface area (Å²) in [5.74, 6) is -0.0134. The molecule has 0 spiro atoms. The number of nitrogens with zero attached hydrogens (tertiary/aromatic N) is 4. The first-order chi connectivity index (χ1) is 13.9. The number of rotatable bonds is 6. The van der Waals surface area contributed by atoms with E-state index in [1.54, 1.807) is 31.2 Å². The van der Waals surface area contributed by atoms with E-state index < -0.39 is 6.09 Å². The highest BCUT2D eigenvalue weighted by atomic mass is 16.4. The fraction of sp³-hybridized carbons (Fsp3) is 0.211. The van der Waals surface area contributed by atoms with Crippen molar-refractivity contribution in [1.29, 1.82) is 0 Å². The molecule has 2 amide bonds. The summed E-state index contributed by atoms with van der Waals surface area (Å²) in [5, 5.41) is 21.7. The zero-order valence-corrected chi connectivity index (χ0v) is 16.2. The molecule has 10 nitrogen and oxygen atoms in total. The number of aromatic amines is 1. The Morgan fingerprint density at radius 3 is 2.48 bits per heavy atom. The van der Waals surface area contributed by atoms with Crippen LogP contribution in [0.2, 0.25) is 0 Å². The van der Waals surface area contributed by atoms with Crippen LogP contribution >= 0.6 is 0 Å². The van der Waals surface area contributed by atoms with Gasteiger partial charge in [-0.15, -0.1) is 0 Å². The normalized spacial score (nSPS) is 10.4. The Kier molecular flexibility index (Phi) is 5.72. The number of carboxylic acid groups (broad SMARTS) is 1. The lowest BCUT2D eigenvalue weighted by molar-refractivity contribution is 0.102. The first kappa shape index (κ1) is 19.8. The minimum atomic E-state index is -1.02. The second kappa shape index (κ2) is 8.38. The number of amides is 2. The van der Waals surface area contributed by atoms with Gasteiger partial charge in [-0.2, -0.15) is 5.10 Å². The monoisotopic (exact) mass is 395 g/mol.